The molecule has 0 aromatic heterocycles. The summed E-state index contributed by atoms with van der Waals surface area (Å²) in [5.74, 6) is 2.84. The van der Waals surface area contributed by atoms with Gasteiger partial charge in [-0.15, -0.1) is 0 Å². The average molecular weight is 204 g/mol. The van der Waals surface area contributed by atoms with Crippen LogP contribution < -0.4 is 0 Å². The van der Waals surface area contributed by atoms with Gasteiger partial charge in [0.2, 0.25) is 0 Å². The average Bonchev–Trinajstić information content (AvgIpc) is 2.59. The van der Waals surface area contributed by atoms with Crippen molar-refractivity contribution in [2.24, 2.45) is 28.6 Å². The van der Waals surface area contributed by atoms with E-state index in [4.69, 9.17) is 0 Å². The summed E-state index contributed by atoms with van der Waals surface area (Å²) in [6.07, 6.45) is 8.32. The van der Waals surface area contributed by atoms with Crippen LogP contribution in [0.1, 0.15) is 53.4 Å². The third-order valence-corrected chi connectivity index (χ3v) is 5.44. The predicted molar refractivity (Wildman–Crippen MR) is 64.6 cm³/mol. The highest BCUT2D eigenvalue weighted by Gasteiger charge is 2.58. The zero-order valence-corrected chi connectivity index (χ0v) is 10.6. The van der Waals surface area contributed by atoms with Gasteiger partial charge in [-0.25, -0.2) is 0 Å². The zero-order valence-electron chi connectivity index (χ0n) is 10.6. The van der Waals surface area contributed by atoms with Crippen LogP contribution in [0.4, 0.5) is 0 Å². The molecule has 0 N–H and O–H groups in total. The molecule has 0 heteroatoms. The van der Waals surface area contributed by atoms with Gasteiger partial charge in [0, 0.05) is 0 Å². The Bertz CT molecular complexity index is 323. The fourth-order valence-electron chi connectivity index (χ4n) is 4.35. The number of fused-ring (bicyclic) bond motifs is 3. The summed E-state index contributed by atoms with van der Waals surface area (Å²) in [5, 5.41) is 0. The molecule has 0 aromatic rings. The topological polar surface area (TPSA) is 0 Å². The molecular formula is C15H24. The minimum absolute atomic E-state index is 0.585. The molecule has 3 rings (SSSR count). The fraction of sp³-hybridized carbons (Fsp3) is 0.867. The first kappa shape index (κ1) is 9.93. The Balaban J connectivity index is 1.98. The number of allylic oxidation sites excluding steroid dienone is 2. The monoisotopic (exact) mass is 204 g/mol. The molecule has 0 nitrogen and oxygen atoms in total. The summed E-state index contributed by atoms with van der Waals surface area (Å²) in [5.41, 5.74) is 3.07. The number of rotatable bonds is 0. The van der Waals surface area contributed by atoms with Crippen LogP contribution >= 0.6 is 0 Å². The Kier molecular flexibility index (Phi) is 1.79. The first-order valence-corrected chi connectivity index (χ1v) is 6.63. The highest BCUT2D eigenvalue weighted by Crippen LogP contribution is 2.68. The summed E-state index contributed by atoms with van der Waals surface area (Å²) >= 11 is 0. The molecule has 4 atom stereocenters. The van der Waals surface area contributed by atoms with E-state index in [0.29, 0.717) is 10.8 Å². The first-order valence-electron chi connectivity index (χ1n) is 6.63. The quantitative estimate of drug-likeness (QED) is 0.513. The lowest BCUT2D eigenvalue weighted by Crippen LogP contribution is -2.19. The standard InChI is InChI=1S/C15H24/c1-10-5-6-13-12(10)9-14(2,3)7-11-8-15(11,13)4/h6,10-12H,5,7-9H2,1-4H3/t10?,11-,12?,15+/m0/s1. The molecule has 0 radical (unpaired) electrons. The normalized spacial score (nSPS) is 51.5. The van der Waals surface area contributed by atoms with E-state index >= 15 is 0 Å². The molecule has 0 saturated heterocycles. The second-order valence-corrected chi connectivity index (χ2v) is 7.37. The van der Waals surface area contributed by atoms with Gasteiger partial charge in [-0.3, -0.25) is 0 Å². The van der Waals surface area contributed by atoms with Crippen molar-refractivity contribution in [3.05, 3.63) is 11.6 Å². The van der Waals surface area contributed by atoms with Crippen molar-refractivity contribution in [2.75, 3.05) is 0 Å². The molecule has 0 aromatic carbocycles. The van der Waals surface area contributed by atoms with Gasteiger partial charge in [-0.2, -0.15) is 0 Å². The predicted octanol–water partition coefficient (Wildman–Crippen LogP) is 4.42. The molecule has 3 aliphatic carbocycles. The lowest BCUT2D eigenvalue weighted by Gasteiger charge is -2.30. The van der Waals surface area contributed by atoms with Crippen LogP contribution in [0.2, 0.25) is 0 Å². The molecule has 0 spiro atoms. The maximum absolute atomic E-state index is 2.59. The van der Waals surface area contributed by atoms with Crippen molar-refractivity contribution < 1.29 is 0 Å². The van der Waals surface area contributed by atoms with Crippen LogP contribution in [0.25, 0.3) is 0 Å². The van der Waals surface area contributed by atoms with Crippen molar-refractivity contribution in [3.8, 4) is 0 Å². The second kappa shape index (κ2) is 2.70. The van der Waals surface area contributed by atoms with E-state index < -0.39 is 0 Å². The molecule has 0 aliphatic heterocycles. The highest BCUT2D eigenvalue weighted by atomic mass is 14.6. The molecule has 2 fully saturated rings. The van der Waals surface area contributed by atoms with Gasteiger partial charge in [0.15, 0.2) is 0 Å². The maximum atomic E-state index is 2.59. The number of hydrogen-bond acceptors (Lipinski definition) is 0. The summed E-state index contributed by atoms with van der Waals surface area (Å²) in [6, 6.07) is 0. The zero-order chi connectivity index (χ0) is 10.8. The summed E-state index contributed by atoms with van der Waals surface area (Å²) in [6.45, 7) is 9.95. The molecular weight excluding hydrogens is 180 g/mol. The lowest BCUT2D eigenvalue weighted by molar-refractivity contribution is 0.237. The SMILES string of the molecule is CC1CC=C2C1CC(C)(C)C[C@H]1C[C@@]21C. The van der Waals surface area contributed by atoms with E-state index in [2.05, 4.69) is 33.8 Å². The summed E-state index contributed by atoms with van der Waals surface area (Å²) in [4.78, 5) is 0. The van der Waals surface area contributed by atoms with Crippen LogP contribution in [0.5, 0.6) is 0 Å². The smallest absolute Gasteiger partial charge is 0.00818 e. The van der Waals surface area contributed by atoms with E-state index in [1.54, 1.807) is 0 Å². The third-order valence-electron chi connectivity index (χ3n) is 5.44. The molecule has 2 unspecified atom stereocenters. The molecule has 2 saturated carbocycles. The second-order valence-electron chi connectivity index (χ2n) is 7.37. The summed E-state index contributed by atoms with van der Waals surface area (Å²) in [7, 11) is 0. The van der Waals surface area contributed by atoms with Crippen LogP contribution in [-0.4, -0.2) is 0 Å². The fourth-order valence-corrected chi connectivity index (χ4v) is 4.35. The minimum atomic E-state index is 0.585. The first-order chi connectivity index (χ1) is 6.92. The van der Waals surface area contributed by atoms with Gasteiger partial charge in [-0.1, -0.05) is 39.3 Å². The van der Waals surface area contributed by atoms with Gasteiger partial charge >= 0.3 is 0 Å². The Morgan fingerprint density at radius 1 is 1.13 bits per heavy atom. The van der Waals surface area contributed by atoms with Crippen molar-refractivity contribution in [1.29, 1.82) is 0 Å². The van der Waals surface area contributed by atoms with Crippen molar-refractivity contribution >= 4 is 0 Å². The number of hydrogen-bond donors (Lipinski definition) is 0. The third kappa shape index (κ3) is 1.33. The van der Waals surface area contributed by atoms with Gasteiger partial charge in [0.05, 0.1) is 0 Å². The van der Waals surface area contributed by atoms with Crippen molar-refractivity contribution in [2.45, 2.75) is 53.4 Å². The Morgan fingerprint density at radius 2 is 1.87 bits per heavy atom. The Labute approximate surface area is 94.1 Å². The molecule has 15 heavy (non-hydrogen) atoms. The highest BCUT2D eigenvalue weighted by molar-refractivity contribution is 5.32. The largest absolute Gasteiger partial charge is 0.0842 e. The van der Waals surface area contributed by atoms with Crippen LogP contribution in [0.3, 0.4) is 0 Å². The van der Waals surface area contributed by atoms with E-state index in [-0.39, 0.29) is 0 Å². The minimum Gasteiger partial charge on any atom is -0.0842 e. The van der Waals surface area contributed by atoms with Crippen LogP contribution in [-0.2, 0) is 0 Å². The van der Waals surface area contributed by atoms with Crippen LogP contribution in [0, 0.1) is 28.6 Å². The molecule has 0 bridgehead atoms. The van der Waals surface area contributed by atoms with Crippen LogP contribution in [0.15, 0.2) is 11.6 Å². The van der Waals surface area contributed by atoms with E-state index in [1.807, 2.05) is 5.57 Å². The van der Waals surface area contributed by atoms with E-state index in [0.717, 1.165) is 17.8 Å². The molecule has 84 valence electrons. The van der Waals surface area contributed by atoms with Crippen molar-refractivity contribution in [1.82, 2.24) is 0 Å². The maximum Gasteiger partial charge on any atom is -0.00818 e. The Morgan fingerprint density at radius 3 is 2.60 bits per heavy atom. The van der Waals surface area contributed by atoms with Gasteiger partial charge in [0.1, 0.15) is 0 Å². The van der Waals surface area contributed by atoms with Crippen molar-refractivity contribution in [3.63, 3.8) is 0 Å². The molecule has 0 amide bonds. The van der Waals surface area contributed by atoms with Gasteiger partial charge < -0.3 is 0 Å². The lowest BCUT2D eigenvalue weighted by atomic mass is 9.75. The van der Waals surface area contributed by atoms with E-state index in [1.165, 1.54) is 25.7 Å². The van der Waals surface area contributed by atoms with Gasteiger partial charge in [-0.05, 0) is 54.3 Å². The summed E-state index contributed by atoms with van der Waals surface area (Å²) < 4.78 is 0. The molecule has 0 heterocycles. The molecule has 3 aliphatic rings. The van der Waals surface area contributed by atoms with E-state index in [9.17, 15) is 0 Å². The van der Waals surface area contributed by atoms with Gasteiger partial charge in [0.25, 0.3) is 0 Å². The Hall–Kier alpha value is -0.260.